The highest BCUT2D eigenvalue weighted by atomic mass is 16.7. The summed E-state index contributed by atoms with van der Waals surface area (Å²) in [6.45, 7) is 1.90. The Kier molecular flexibility index (Phi) is 1.74. The molecule has 0 spiro atoms. The van der Waals surface area contributed by atoms with Gasteiger partial charge in [-0.2, -0.15) is 0 Å². The van der Waals surface area contributed by atoms with E-state index in [1.165, 1.54) is 0 Å². The van der Waals surface area contributed by atoms with Gasteiger partial charge in [-0.3, -0.25) is 0 Å². The molecule has 4 nitrogen and oxygen atoms in total. The molecule has 76 valence electrons. The zero-order valence-corrected chi connectivity index (χ0v) is 8.21. The SMILES string of the molecule is Cc1nc2ncccc2cc1C1OC1O. The largest absolute Gasteiger partial charge is 0.366 e. The smallest absolute Gasteiger partial charge is 0.186 e. The minimum Gasteiger partial charge on any atom is -0.366 e. The lowest BCUT2D eigenvalue weighted by Gasteiger charge is -2.03. The lowest BCUT2D eigenvalue weighted by Crippen LogP contribution is -1.95. The van der Waals surface area contributed by atoms with Crippen LogP contribution in [-0.2, 0) is 4.74 Å². The molecule has 1 aliphatic heterocycles. The molecule has 1 saturated heterocycles. The molecule has 0 saturated carbocycles. The van der Waals surface area contributed by atoms with Crippen molar-refractivity contribution >= 4 is 11.0 Å². The third kappa shape index (κ3) is 1.38. The van der Waals surface area contributed by atoms with Gasteiger partial charge in [0.2, 0.25) is 0 Å². The molecular weight excluding hydrogens is 192 g/mol. The first-order chi connectivity index (χ1) is 7.25. The van der Waals surface area contributed by atoms with Crippen molar-refractivity contribution in [1.82, 2.24) is 9.97 Å². The minimum atomic E-state index is -0.667. The van der Waals surface area contributed by atoms with Crippen LogP contribution in [-0.4, -0.2) is 21.4 Å². The van der Waals surface area contributed by atoms with Crippen molar-refractivity contribution in [2.45, 2.75) is 19.3 Å². The maximum atomic E-state index is 9.21. The molecule has 1 fully saturated rings. The molecule has 2 aromatic rings. The van der Waals surface area contributed by atoms with E-state index in [0.29, 0.717) is 0 Å². The molecule has 0 aliphatic carbocycles. The van der Waals surface area contributed by atoms with Crippen molar-refractivity contribution in [1.29, 1.82) is 0 Å². The first-order valence-electron chi connectivity index (χ1n) is 4.81. The van der Waals surface area contributed by atoms with Gasteiger partial charge in [-0.05, 0) is 25.1 Å². The molecule has 1 aliphatic rings. The van der Waals surface area contributed by atoms with Crippen molar-refractivity contribution in [3.8, 4) is 0 Å². The summed E-state index contributed by atoms with van der Waals surface area (Å²) in [4.78, 5) is 8.54. The third-order valence-corrected chi connectivity index (χ3v) is 2.59. The third-order valence-electron chi connectivity index (χ3n) is 2.59. The highest BCUT2D eigenvalue weighted by Gasteiger charge is 2.39. The van der Waals surface area contributed by atoms with Gasteiger partial charge in [0.05, 0.1) is 0 Å². The Hall–Kier alpha value is -1.52. The molecule has 3 rings (SSSR count). The molecule has 0 amide bonds. The average Bonchev–Trinajstić information content (AvgIpc) is 2.94. The van der Waals surface area contributed by atoms with Gasteiger partial charge in [0, 0.05) is 22.8 Å². The van der Waals surface area contributed by atoms with Crippen LogP contribution >= 0.6 is 0 Å². The predicted octanol–water partition coefficient (Wildman–Crippen LogP) is 1.33. The van der Waals surface area contributed by atoms with E-state index in [1.54, 1.807) is 6.20 Å². The number of nitrogens with zero attached hydrogens (tertiary/aromatic N) is 2. The van der Waals surface area contributed by atoms with Crippen molar-refractivity contribution in [2.24, 2.45) is 0 Å². The molecule has 2 unspecified atom stereocenters. The minimum absolute atomic E-state index is 0.206. The number of pyridine rings is 2. The number of hydrogen-bond donors (Lipinski definition) is 1. The Morgan fingerprint density at radius 2 is 2.27 bits per heavy atom. The zero-order valence-electron chi connectivity index (χ0n) is 8.21. The van der Waals surface area contributed by atoms with Crippen molar-refractivity contribution in [3.63, 3.8) is 0 Å². The van der Waals surface area contributed by atoms with Crippen LogP contribution in [0.15, 0.2) is 24.4 Å². The van der Waals surface area contributed by atoms with E-state index < -0.39 is 6.29 Å². The van der Waals surface area contributed by atoms with Gasteiger partial charge in [-0.15, -0.1) is 0 Å². The molecule has 0 bridgehead atoms. The predicted molar refractivity (Wildman–Crippen MR) is 54.1 cm³/mol. The van der Waals surface area contributed by atoms with E-state index in [0.717, 1.165) is 22.3 Å². The number of hydrogen-bond acceptors (Lipinski definition) is 4. The van der Waals surface area contributed by atoms with Crippen LogP contribution in [0.1, 0.15) is 17.4 Å². The van der Waals surface area contributed by atoms with Crippen LogP contribution in [0.3, 0.4) is 0 Å². The molecule has 4 heteroatoms. The Morgan fingerprint density at radius 3 is 3.00 bits per heavy atom. The second-order valence-corrected chi connectivity index (χ2v) is 3.66. The fraction of sp³-hybridized carbons (Fsp3) is 0.273. The van der Waals surface area contributed by atoms with Gasteiger partial charge in [0.25, 0.3) is 0 Å². The highest BCUT2D eigenvalue weighted by molar-refractivity contribution is 5.75. The number of aliphatic hydroxyl groups excluding tert-OH is 1. The summed E-state index contributed by atoms with van der Waals surface area (Å²) in [7, 11) is 0. The van der Waals surface area contributed by atoms with Crippen molar-refractivity contribution in [2.75, 3.05) is 0 Å². The number of aliphatic hydroxyl groups is 1. The van der Waals surface area contributed by atoms with E-state index >= 15 is 0 Å². The standard InChI is InChI=1S/C11H10N2O2/c1-6-8(9-11(14)15-9)5-7-3-2-4-12-10(7)13-6/h2-5,9,11,14H,1H3. The topological polar surface area (TPSA) is 58.5 Å². The first-order valence-corrected chi connectivity index (χ1v) is 4.81. The summed E-state index contributed by atoms with van der Waals surface area (Å²) in [5, 5.41) is 10.2. The molecule has 0 radical (unpaired) electrons. The number of aryl methyl sites for hydroxylation is 1. The first kappa shape index (κ1) is 8.76. The summed E-state index contributed by atoms with van der Waals surface area (Å²) in [6.07, 6.45) is 0.846. The quantitative estimate of drug-likeness (QED) is 0.709. The van der Waals surface area contributed by atoms with Crippen LogP contribution in [0.4, 0.5) is 0 Å². The van der Waals surface area contributed by atoms with Gasteiger partial charge in [0.1, 0.15) is 6.10 Å². The van der Waals surface area contributed by atoms with Crippen molar-refractivity contribution < 1.29 is 9.84 Å². The normalized spacial score (nSPS) is 24.4. The zero-order chi connectivity index (χ0) is 10.4. The molecule has 1 N–H and O–H groups in total. The summed E-state index contributed by atoms with van der Waals surface area (Å²) < 4.78 is 5.03. The van der Waals surface area contributed by atoms with E-state index in [4.69, 9.17) is 4.74 Å². The average molecular weight is 202 g/mol. The van der Waals surface area contributed by atoms with Crippen molar-refractivity contribution in [3.05, 3.63) is 35.7 Å². The molecule has 3 heterocycles. The number of rotatable bonds is 1. The monoisotopic (exact) mass is 202 g/mol. The van der Waals surface area contributed by atoms with E-state index in [-0.39, 0.29) is 6.10 Å². The molecule has 2 aromatic heterocycles. The highest BCUT2D eigenvalue weighted by Crippen LogP contribution is 2.38. The van der Waals surface area contributed by atoms with Crippen LogP contribution in [0.25, 0.3) is 11.0 Å². The van der Waals surface area contributed by atoms with E-state index in [9.17, 15) is 5.11 Å². The maximum absolute atomic E-state index is 9.21. The Labute approximate surface area is 86.5 Å². The van der Waals surface area contributed by atoms with Gasteiger partial charge in [-0.1, -0.05) is 0 Å². The number of ether oxygens (including phenoxy) is 1. The van der Waals surface area contributed by atoms with Crippen LogP contribution in [0.2, 0.25) is 0 Å². The second-order valence-electron chi connectivity index (χ2n) is 3.66. The summed E-state index contributed by atoms with van der Waals surface area (Å²) >= 11 is 0. The Balaban J connectivity index is 2.19. The Morgan fingerprint density at radius 1 is 1.47 bits per heavy atom. The van der Waals surface area contributed by atoms with Gasteiger partial charge < -0.3 is 9.84 Å². The number of fused-ring (bicyclic) bond motifs is 1. The van der Waals surface area contributed by atoms with Gasteiger partial charge >= 0.3 is 0 Å². The lowest BCUT2D eigenvalue weighted by atomic mass is 10.1. The molecule has 2 atom stereocenters. The van der Waals surface area contributed by atoms with Gasteiger partial charge in [0.15, 0.2) is 11.9 Å². The maximum Gasteiger partial charge on any atom is 0.186 e. The van der Waals surface area contributed by atoms with Gasteiger partial charge in [-0.25, -0.2) is 9.97 Å². The van der Waals surface area contributed by atoms with E-state index in [2.05, 4.69) is 9.97 Å². The second kappa shape index (κ2) is 2.98. The fourth-order valence-corrected chi connectivity index (χ4v) is 1.73. The molecular formula is C11H10N2O2. The molecule has 0 aromatic carbocycles. The lowest BCUT2D eigenvalue weighted by molar-refractivity contribution is 0.156. The number of epoxide rings is 1. The van der Waals surface area contributed by atoms with E-state index in [1.807, 2.05) is 25.1 Å². The van der Waals surface area contributed by atoms with Crippen LogP contribution in [0.5, 0.6) is 0 Å². The summed E-state index contributed by atoms with van der Waals surface area (Å²) in [5.74, 6) is 0. The number of aromatic nitrogens is 2. The van der Waals surface area contributed by atoms with Crippen LogP contribution in [0, 0.1) is 6.92 Å². The summed E-state index contributed by atoms with van der Waals surface area (Å²) in [6, 6.07) is 5.80. The molecule has 15 heavy (non-hydrogen) atoms. The Bertz CT molecular complexity index is 527. The van der Waals surface area contributed by atoms with Crippen LogP contribution < -0.4 is 0 Å². The fourth-order valence-electron chi connectivity index (χ4n) is 1.73. The summed E-state index contributed by atoms with van der Waals surface area (Å²) in [5.41, 5.74) is 2.54.